The maximum Gasteiger partial charge on any atom is 0.294 e. The summed E-state index contributed by atoms with van der Waals surface area (Å²) in [4.78, 5) is 31.3. The summed E-state index contributed by atoms with van der Waals surface area (Å²) in [5.41, 5.74) is 3.47. The van der Waals surface area contributed by atoms with Crippen LogP contribution in [0.25, 0.3) is 0 Å². The zero-order valence-corrected chi connectivity index (χ0v) is 15.4. The SMILES string of the molecule is Cc1ccc(C)c(N2C(=O)C(O)=C(C(=O)C(C)C)C2c2ccncc2)c1. The number of carbonyl (C=O) groups is 2. The lowest BCUT2D eigenvalue weighted by atomic mass is 9.91. The molecule has 0 spiro atoms. The van der Waals surface area contributed by atoms with Crippen LogP contribution in [0.5, 0.6) is 0 Å². The molecule has 1 atom stereocenters. The molecule has 5 nitrogen and oxygen atoms in total. The predicted octanol–water partition coefficient (Wildman–Crippen LogP) is 3.82. The first-order valence-electron chi connectivity index (χ1n) is 8.61. The summed E-state index contributed by atoms with van der Waals surface area (Å²) in [6.45, 7) is 7.37. The van der Waals surface area contributed by atoms with Gasteiger partial charge in [0.25, 0.3) is 5.91 Å². The van der Waals surface area contributed by atoms with Crippen LogP contribution in [0.15, 0.2) is 54.1 Å². The number of rotatable bonds is 4. The first kappa shape index (κ1) is 17.9. The number of hydrogen-bond acceptors (Lipinski definition) is 4. The molecule has 134 valence electrons. The maximum atomic E-state index is 12.9. The predicted molar refractivity (Wildman–Crippen MR) is 99.9 cm³/mol. The van der Waals surface area contributed by atoms with Gasteiger partial charge in [-0.05, 0) is 48.7 Å². The standard InChI is InChI=1S/C21H22N2O3/c1-12(2)19(24)17-18(15-7-9-22-10-8-15)23(21(26)20(17)25)16-11-13(3)5-6-14(16)4/h5-12,18,25H,1-4H3. The Balaban J connectivity index is 2.23. The van der Waals surface area contributed by atoms with Crippen molar-refractivity contribution in [3.05, 3.63) is 70.7 Å². The van der Waals surface area contributed by atoms with Gasteiger partial charge in [0.15, 0.2) is 11.5 Å². The Morgan fingerprint density at radius 1 is 1.15 bits per heavy atom. The highest BCUT2D eigenvalue weighted by atomic mass is 16.3. The van der Waals surface area contributed by atoms with Crippen LogP contribution in [-0.4, -0.2) is 21.8 Å². The second kappa shape index (κ2) is 6.75. The van der Waals surface area contributed by atoms with Gasteiger partial charge in [-0.15, -0.1) is 0 Å². The Bertz CT molecular complexity index is 901. The van der Waals surface area contributed by atoms with Crippen LogP contribution in [0.3, 0.4) is 0 Å². The number of Topliss-reactive ketones (excluding diaryl/α,β-unsaturated/α-hetero) is 1. The number of aliphatic hydroxyl groups excluding tert-OH is 1. The molecule has 1 aromatic carbocycles. The van der Waals surface area contributed by atoms with E-state index in [4.69, 9.17) is 0 Å². The Hall–Kier alpha value is -2.95. The van der Waals surface area contributed by atoms with Crippen molar-refractivity contribution in [3.63, 3.8) is 0 Å². The van der Waals surface area contributed by atoms with Crippen molar-refractivity contribution in [1.82, 2.24) is 4.98 Å². The highest BCUT2D eigenvalue weighted by Gasteiger charge is 2.45. The molecule has 26 heavy (non-hydrogen) atoms. The monoisotopic (exact) mass is 350 g/mol. The number of amides is 1. The average Bonchev–Trinajstić information content (AvgIpc) is 2.88. The van der Waals surface area contributed by atoms with Crippen LogP contribution in [-0.2, 0) is 9.59 Å². The van der Waals surface area contributed by atoms with Crippen LogP contribution in [0.4, 0.5) is 5.69 Å². The van der Waals surface area contributed by atoms with Gasteiger partial charge >= 0.3 is 0 Å². The molecule has 0 saturated heterocycles. The molecular weight excluding hydrogens is 328 g/mol. The quantitative estimate of drug-likeness (QED) is 0.910. The Labute approximate surface area is 153 Å². The van der Waals surface area contributed by atoms with Crippen molar-refractivity contribution < 1.29 is 14.7 Å². The molecule has 0 radical (unpaired) electrons. The van der Waals surface area contributed by atoms with Crippen molar-refractivity contribution in [1.29, 1.82) is 0 Å². The third-order valence-corrected chi connectivity index (χ3v) is 4.64. The summed E-state index contributed by atoms with van der Waals surface area (Å²) in [6.07, 6.45) is 3.24. The van der Waals surface area contributed by atoms with Gasteiger partial charge in [-0.25, -0.2) is 0 Å². The minimum absolute atomic E-state index is 0.150. The number of nitrogens with zero attached hydrogens (tertiary/aromatic N) is 2. The molecule has 1 aliphatic rings. The molecule has 0 fully saturated rings. The molecule has 0 saturated carbocycles. The minimum Gasteiger partial charge on any atom is -0.503 e. The Morgan fingerprint density at radius 3 is 2.42 bits per heavy atom. The van der Waals surface area contributed by atoms with Crippen LogP contribution in [0.2, 0.25) is 0 Å². The third kappa shape index (κ3) is 2.90. The molecule has 2 aromatic rings. The van der Waals surface area contributed by atoms with E-state index in [2.05, 4.69) is 4.98 Å². The van der Waals surface area contributed by atoms with Crippen molar-refractivity contribution in [2.45, 2.75) is 33.7 Å². The third-order valence-electron chi connectivity index (χ3n) is 4.64. The first-order chi connectivity index (χ1) is 12.3. The minimum atomic E-state index is -0.666. The van der Waals surface area contributed by atoms with Gasteiger partial charge < -0.3 is 5.11 Å². The van der Waals surface area contributed by atoms with Crippen LogP contribution in [0, 0.1) is 19.8 Å². The van der Waals surface area contributed by atoms with E-state index in [-0.39, 0.29) is 17.3 Å². The molecule has 3 rings (SSSR count). The molecule has 1 N–H and O–H groups in total. The first-order valence-corrected chi connectivity index (χ1v) is 8.61. The zero-order valence-electron chi connectivity index (χ0n) is 15.4. The van der Waals surface area contributed by atoms with Gasteiger partial charge in [-0.1, -0.05) is 26.0 Å². The van der Waals surface area contributed by atoms with E-state index in [1.807, 2.05) is 32.0 Å². The van der Waals surface area contributed by atoms with Crippen molar-refractivity contribution in [2.75, 3.05) is 4.90 Å². The van der Waals surface area contributed by atoms with Gasteiger partial charge in [0.2, 0.25) is 0 Å². The van der Waals surface area contributed by atoms with Gasteiger partial charge in [-0.2, -0.15) is 0 Å². The fourth-order valence-electron chi connectivity index (χ4n) is 3.26. The van der Waals surface area contributed by atoms with E-state index in [9.17, 15) is 14.7 Å². The molecule has 1 unspecified atom stereocenters. The number of aliphatic hydroxyl groups is 1. The molecule has 1 aliphatic heterocycles. The summed E-state index contributed by atoms with van der Waals surface area (Å²) in [6, 6.07) is 8.66. The Morgan fingerprint density at radius 2 is 1.81 bits per heavy atom. The van der Waals surface area contributed by atoms with Gasteiger partial charge in [0.05, 0.1) is 11.6 Å². The van der Waals surface area contributed by atoms with E-state index in [0.717, 1.165) is 16.7 Å². The lowest BCUT2D eigenvalue weighted by Crippen LogP contribution is -2.32. The number of ketones is 1. The highest BCUT2D eigenvalue weighted by Crippen LogP contribution is 2.42. The molecule has 5 heteroatoms. The molecule has 0 aliphatic carbocycles. The average molecular weight is 350 g/mol. The van der Waals surface area contributed by atoms with Crippen molar-refractivity contribution in [3.8, 4) is 0 Å². The number of aromatic nitrogens is 1. The zero-order chi connectivity index (χ0) is 19.0. The van der Waals surface area contributed by atoms with E-state index >= 15 is 0 Å². The number of benzene rings is 1. The highest BCUT2D eigenvalue weighted by molar-refractivity contribution is 6.17. The lowest BCUT2D eigenvalue weighted by molar-refractivity contribution is -0.119. The second-order valence-electron chi connectivity index (χ2n) is 6.93. The fraction of sp³-hybridized carbons (Fsp3) is 0.286. The largest absolute Gasteiger partial charge is 0.503 e. The van der Waals surface area contributed by atoms with Gasteiger partial charge in [0.1, 0.15) is 0 Å². The number of hydrogen-bond donors (Lipinski definition) is 1. The number of carbonyl (C=O) groups excluding carboxylic acids is 2. The van der Waals surface area contributed by atoms with E-state index in [1.54, 1.807) is 38.4 Å². The van der Waals surface area contributed by atoms with E-state index in [1.165, 1.54) is 4.90 Å². The van der Waals surface area contributed by atoms with Crippen LogP contribution < -0.4 is 4.90 Å². The number of pyridine rings is 1. The van der Waals surface area contributed by atoms with E-state index < -0.39 is 17.7 Å². The maximum absolute atomic E-state index is 12.9. The molecular formula is C21H22N2O3. The van der Waals surface area contributed by atoms with Gasteiger partial charge in [0, 0.05) is 24.0 Å². The number of anilines is 1. The van der Waals surface area contributed by atoms with Crippen LogP contribution >= 0.6 is 0 Å². The summed E-state index contributed by atoms with van der Waals surface area (Å²) >= 11 is 0. The summed E-state index contributed by atoms with van der Waals surface area (Å²) < 4.78 is 0. The Kier molecular flexibility index (Phi) is 4.64. The second-order valence-corrected chi connectivity index (χ2v) is 6.93. The summed E-state index contributed by atoms with van der Waals surface area (Å²) in [7, 11) is 0. The van der Waals surface area contributed by atoms with Crippen molar-refractivity contribution in [2.24, 2.45) is 5.92 Å². The normalized spacial score (nSPS) is 17.3. The summed E-state index contributed by atoms with van der Waals surface area (Å²) in [5, 5.41) is 10.6. The van der Waals surface area contributed by atoms with Crippen LogP contribution in [0.1, 0.15) is 36.6 Å². The molecule has 0 bridgehead atoms. The lowest BCUT2D eigenvalue weighted by Gasteiger charge is -2.28. The number of aryl methyl sites for hydroxylation is 2. The molecule has 1 aromatic heterocycles. The smallest absolute Gasteiger partial charge is 0.294 e. The van der Waals surface area contributed by atoms with E-state index in [0.29, 0.717) is 5.69 Å². The molecule has 1 amide bonds. The fourth-order valence-corrected chi connectivity index (χ4v) is 3.26. The van der Waals surface area contributed by atoms with Crippen molar-refractivity contribution >= 4 is 17.4 Å². The summed E-state index contributed by atoms with van der Waals surface area (Å²) in [5.74, 6) is -1.58. The topological polar surface area (TPSA) is 70.5 Å². The molecule has 2 heterocycles. The van der Waals surface area contributed by atoms with Gasteiger partial charge in [-0.3, -0.25) is 19.5 Å².